The van der Waals surface area contributed by atoms with Gasteiger partial charge in [0, 0.05) is 23.9 Å². The number of hydrogen-bond acceptors (Lipinski definition) is 5. The Morgan fingerprint density at radius 1 is 1.27 bits per heavy atom. The van der Waals surface area contributed by atoms with Crippen molar-refractivity contribution in [3.05, 3.63) is 23.7 Å². The number of hydrogen-bond donors (Lipinski definition) is 1. The van der Waals surface area contributed by atoms with E-state index in [1.165, 1.54) is 17.8 Å². The zero-order valence-corrected chi connectivity index (χ0v) is 15.1. The van der Waals surface area contributed by atoms with Crippen LogP contribution < -0.4 is 5.32 Å². The van der Waals surface area contributed by atoms with Gasteiger partial charge in [0.15, 0.2) is 0 Å². The third-order valence-electron chi connectivity index (χ3n) is 4.84. The Bertz CT molecular complexity index is 715. The first-order valence-electron chi connectivity index (χ1n) is 8.98. The lowest BCUT2D eigenvalue weighted by atomic mass is 9.94. The van der Waals surface area contributed by atoms with Gasteiger partial charge in [-0.3, -0.25) is 4.79 Å². The van der Waals surface area contributed by atoms with Crippen LogP contribution in [0.5, 0.6) is 0 Å². The molecule has 0 aromatic rings. The molecule has 0 radical (unpaired) electrons. The first kappa shape index (κ1) is 17.9. The van der Waals surface area contributed by atoms with E-state index in [9.17, 15) is 13.6 Å². The second kappa shape index (κ2) is 7.60. The van der Waals surface area contributed by atoms with Gasteiger partial charge in [-0.05, 0) is 31.7 Å². The molecular weight excluding hydrogens is 360 g/mol. The molecule has 2 fully saturated rings. The number of carbonyl (C=O) groups is 1. The normalized spacial score (nSPS) is 31.5. The minimum absolute atomic E-state index is 0.136. The summed E-state index contributed by atoms with van der Waals surface area (Å²) in [5, 5.41) is 2.87. The monoisotopic (exact) mass is 381 g/mol. The molecule has 140 valence electrons. The number of nitrogens with one attached hydrogen (secondary N) is 1. The lowest BCUT2D eigenvalue weighted by Crippen LogP contribution is -2.40. The molecule has 26 heavy (non-hydrogen) atoms. The van der Waals surface area contributed by atoms with Crippen molar-refractivity contribution in [3.8, 4) is 0 Å². The summed E-state index contributed by atoms with van der Waals surface area (Å²) in [5.41, 5.74) is 0.327. The van der Waals surface area contributed by atoms with E-state index in [1.54, 1.807) is 6.08 Å². The average molecular weight is 381 g/mol. The molecule has 1 unspecified atom stereocenters. The number of fused-ring (bicyclic) bond motifs is 1. The number of amidine groups is 1. The smallest absolute Gasteiger partial charge is 0.263 e. The lowest BCUT2D eigenvalue weighted by Gasteiger charge is -2.26. The quantitative estimate of drug-likeness (QED) is 0.768. The molecule has 5 nitrogen and oxygen atoms in total. The molecule has 1 saturated carbocycles. The van der Waals surface area contributed by atoms with E-state index in [0.717, 1.165) is 25.8 Å². The Morgan fingerprint density at radius 3 is 2.88 bits per heavy atom. The number of thioether (sulfide) groups is 1. The van der Waals surface area contributed by atoms with E-state index >= 15 is 0 Å². The van der Waals surface area contributed by atoms with Crippen molar-refractivity contribution in [2.45, 2.75) is 30.7 Å². The molecule has 3 atom stereocenters. The molecular formula is C18H21F2N3O2S. The molecule has 0 aromatic heterocycles. The van der Waals surface area contributed by atoms with Gasteiger partial charge in [0.2, 0.25) is 0 Å². The van der Waals surface area contributed by atoms with E-state index < -0.39 is 23.8 Å². The molecule has 4 aliphatic rings. The number of piperidine rings is 1. The third-order valence-corrected chi connectivity index (χ3v) is 6.23. The summed E-state index contributed by atoms with van der Waals surface area (Å²) >= 11 is 1.41. The number of alkyl halides is 1. The predicted octanol–water partition coefficient (Wildman–Crippen LogP) is 2.59. The fraction of sp³-hybridized carbons (Fsp3) is 0.611. The summed E-state index contributed by atoms with van der Waals surface area (Å²) in [6.45, 7) is 1.69. The summed E-state index contributed by atoms with van der Waals surface area (Å²) in [5.74, 6) is -0.599. The zero-order valence-electron chi connectivity index (χ0n) is 14.3. The SMILES string of the molecule is O=C1N=C(CS[C@@H]2CCNC[C@@H]2F)N=C2C=C(OCC3CC3)C=C(F)C12. The van der Waals surface area contributed by atoms with Crippen molar-refractivity contribution < 1.29 is 18.3 Å². The second-order valence-corrected chi connectivity index (χ2v) is 8.25. The molecule has 4 rings (SSSR count). The van der Waals surface area contributed by atoms with Gasteiger partial charge < -0.3 is 10.1 Å². The molecule has 0 bridgehead atoms. The van der Waals surface area contributed by atoms with E-state index in [4.69, 9.17) is 4.74 Å². The fourth-order valence-electron chi connectivity index (χ4n) is 3.15. The Hall–Kier alpha value is -1.54. The third kappa shape index (κ3) is 4.06. The Kier molecular flexibility index (Phi) is 5.22. The highest BCUT2D eigenvalue weighted by Crippen LogP contribution is 2.32. The van der Waals surface area contributed by atoms with Crippen molar-refractivity contribution in [3.63, 3.8) is 0 Å². The molecule has 2 aliphatic heterocycles. The molecule has 1 N–H and O–H groups in total. The van der Waals surface area contributed by atoms with Crippen molar-refractivity contribution in [1.29, 1.82) is 0 Å². The first-order chi connectivity index (χ1) is 12.6. The maximum atomic E-state index is 14.3. The molecule has 8 heteroatoms. The van der Waals surface area contributed by atoms with E-state index in [1.807, 2.05) is 0 Å². The van der Waals surface area contributed by atoms with Crippen molar-refractivity contribution in [2.24, 2.45) is 21.8 Å². The number of aliphatic imine (C=N–C) groups is 2. The van der Waals surface area contributed by atoms with Crippen LogP contribution in [0.1, 0.15) is 19.3 Å². The number of allylic oxidation sites excluding steroid dienone is 2. The van der Waals surface area contributed by atoms with Gasteiger partial charge in [-0.2, -0.15) is 4.99 Å². The second-order valence-electron chi connectivity index (χ2n) is 7.02. The highest BCUT2D eigenvalue weighted by Gasteiger charge is 2.35. The van der Waals surface area contributed by atoms with E-state index in [2.05, 4.69) is 15.3 Å². The fourth-order valence-corrected chi connectivity index (χ4v) is 4.23. The summed E-state index contributed by atoms with van der Waals surface area (Å²) in [6.07, 6.45) is 4.95. The molecule has 2 aliphatic carbocycles. The minimum Gasteiger partial charge on any atom is -0.493 e. The first-order valence-corrected chi connectivity index (χ1v) is 10.0. The maximum absolute atomic E-state index is 14.3. The summed E-state index contributed by atoms with van der Waals surface area (Å²) in [7, 11) is 0. The number of halogens is 2. The van der Waals surface area contributed by atoms with Crippen molar-refractivity contribution in [2.75, 3.05) is 25.4 Å². The number of ether oxygens (including phenoxy) is 1. The standard InChI is InChI=1S/C18H21F2N3O2S/c19-12-5-11(25-8-10-1-2-10)6-14-17(12)18(24)23-16(22-14)9-26-15-3-4-21-7-13(15)20/h5-6,10,13,15,17,21H,1-4,7-9H2/t13-,15+,17?/m0/s1. The Morgan fingerprint density at radius 2 is 2.12 bits per heavy atom. The van der Waals surface area contributed by atoms with Crippen LogP contribution in [0.2, 0.25) is 0 Å². The van der Waals surface area contributed by atoms with Gasteiger partial charge in [0.05, 0.1) is 18.1 Å². The number of carbonyl (C=O) groups excluding carboxylic acids is 1. The highest BCUT2D eigenvalue weighted by molar-refractivity contribution is 8.00. The summed E-state index contributed by atoms with van der Waals surface area (Å²) < 4.78 is 33.8. The molecule has 0 aromatic carbocycles. The minimum atomic E-state index is -1.06. The van der Waals surface area contributed by atoms with Crippen LogP contribution >= 0.6 is 11.8 Å². The van der Waals surface area contributed by atoms with Crippen LogP contribution in [0, 0.1) is 11.8 Å². The van der Waals surface area contributed by atoms with Gasteiger partial charge in [-0.1, -0.05) is 0 Å². The lowest BCUT2D eigenvalue weighted by molar-refractivity contribution is -0.119. The topological polar surface area (TPSA) is 63.0 Å². The molecule has 2 heterocycles. The summed E-state index contributed by atoms with van der Waals surface area (Å²) in [6, 6.07) is 0. The van der Waals surface area contributed by atoms with Crippen molar-refractivity contribution in [1.82, 2.24) is 5.32 Å². The number of rotatable bonds is 6. The number of nitrogens with zero attached hydrogens (tertiary/aromatic N) is 2. The van der Waals surface area contributed by atoms with Crippen LogP contribution in [-0.2, 0) is 9.53 Å². The van der Waals surface area contributed by atoms with Crippen LogP contribution in [0.3, 0.4) is 0 Å². The Balaban J connectivity index is 1.43. The van der Waals surface area contributed by atoms with Gasteiger partial charge in [-0.15, -0.1) is 11.8 Å². The van der Waals surface area contributed by atoms with Crippen LogP contribution in [0.4, 0.5) is 8.78 Å². The van der Waals surface area contributed by atoms with Crippen LogP contribution in [0.15, 0.2) is 33.7 Å². The van der Waals surface area contributed by atoms with E-state index in [-0.39, 0.29) is 5.25 Å². The van der Waals surface area contributed by atoms with E-state index in [0.29, 0.717) is 42.1 Å². The average Bonchev–Trinajstić information content (AvgIpc) is 3.43. The largest absolute Gasteiger partial charge is 0.493 e. The van der Waals surface area contributed by atoms with Gasteiger partial charge in [0.1, 0.15) is 29.5 Å². The van der Waals surface area contributed by atoms with Crippen molar-refractivity contribution >= 4 is 29.2 Å². The van der Waals surface area contributed by atoms with Crippen LogP contribution in [0.25, 0.3) is 0 Å². The van der Waals surface area contributed by atoms with Gasteiger partial charge in [-0.25, -0.2) is 13.8 Å². The Labute approximate surface area is 155 Å². The maximum Gasteiger partial charge on any atom is 0.263 e. The summed E-state index contributed by atoms with van der Waals surface area (Å²) in [4.78, 5) is 20.5. The molecule has 0 spiro atoms. The molecule has 1 amide bonds. The van der Waals surface area contributed by atoms with Gasteiger partial charge >= 0.3 is 0 Å². The number of amides is 1. The predicted molar refractivity (Wildman–Crippen MR) is 97.9 cm³/mol. The zero-order chi connectivity index (χ0) is 18.1. The molecule has 1 saturated heterocycles. The van der Waals surface area contributed by atoms with Crippen LogP contribution in [-0.4, -0.2) is 54.3 Å². The van der Waals surface area contributed by atoms with Gasteiger partial charge in [0.25, 0.3) is 5.91 Å². The highest BCUT2D eigenvalue weighted by atomic mass is 32.2.